The van der Waals surface area contributed by atoms with Gasteiger partial charge in [-0.1, -0.05) is 17.9 Å². The van der Waals surface area contributed by atoms with Crippen LogP contribution in [-0.4, -0.2) is 6.54 Å². The van der Waals surface area contributed by atoms with E-state index in [2.05, 4.69) is 45.6 Å². The molecule has 1 aromatic rings. The fourth-order valence-corrected chi connectivity index (χ4v) is 1.91. The first-order valence-electron chi connectivity index (χ1n) is 6.34. The Morgan fingerprint density at radius 3 is 2.12 bits per heavy atom. The fourth-order valence-electron chi connectivity index (χ4n) is 1.91. The van der Waals surface area contributed by atoms with Crippen molar-refractivity contribution in [1.82, 2.24) is 0 Å². The van der Waals surface area contributed by atoms with Gasteiger partial charge in [-0.2, -0.15) is 0 Å². The monoisotopic (exact) mass is 229 g/mol. The van der Waals surface area contributed by atoms with Gasteiger partial charge in [0.1, 0.15) is 0 Å². The van der Waals surface area contributed by atoms with Crippen molar-refractivity contribution in [1.29, 1.82) is 0 Å². The van der Waals surface area contributed by atoms with Crippen LogP contribution in [0.3, 0.4) is 0 Å². The van der Waals surface area contributed by atoms with Gasteiger partial charge in [-0.25, -0.2) is 0 Å². The molecular weight excluding hydrogens is 206 g/mol. The van der Waals surface area contributed by atoms with Crippen LogP contribution in [0.2, 0.25) is 0 Å². The minimum Gasteiger partial charge on any atom is -0.330 e. The lowest BCUT2D eigenvalue weighted by molar-refractivity contribution is 0.767. The number of benzene rings is 1. The third-order valence-electron chi connectivity index (χ3n) is 3.34. The van der Waals surface area contributed by atoms with E-state index in [9.17, 15) is 0 Å². The van der Waals surface area contributed by atoms with Gasteiger partial charge in [0.05, 0.1) is 0 Å². The molecule has 2 N–H and O–H groups in total. The van der Waals surface area contributed by atoms with Gasteiger partial charge in [0.2, 0.25) is 0 Å². The smallest absolute Gasteiger partial charge is 0.0308 e. The molecule has 1 heteroatoms. The van der Waals surface area contributed by atoms with Gasteiger partial charge in [-0.05, 0) is 69.3 Å². The van der Waals surface area contributed by atoms with Crippen LogP contribution in [0.4, 0.5) is 0 Å². The molecule has 0 aliphatic heterocycles. The topological polar surface area (TPSA) is 26.0 Å². The fraction of sp³-hybridized carbons (Fsp3) is 0.500. The average Bonchev–Trinajstić information content (AvgIpc) is 2.30. The zero-order valence-electron chi connectivity index (χ0n) is 11.5. The highest BCUT2D eigenvalue weighted by Crippen LogP contribution is 2.20. The lowest BCUT2D eigenvalue weighted by Crippen LogP contribution is -1.97. The molecule has 0 saturated heterocycles. The van der Waals surface area contributed by atoms with Crippen LogP contribution in [0.15, 0.2) is 6.07 Å². The molecule has 0 aliphatic rings. The summed E-state index contributed by atoms with van der Waals surface area (Å²) in [7, 11) is 0. The second-order valence-corrected chi connectivity index (χ2v) is 4.68. The van der Waals surface area contributed by atoms with Gasteiger partial charge < -0.3 is 5.73 Å². The summed E-state index contributed by atoms with van der Waals surface area (Å²) in [5.41, 5.74) is 12.0. The summed E-state index contributed by atoms with van der Waals surface area (Å²) in [6.45, 7) is 9.39. The van der Waals surface area contributed by atoms with E-state index in [1.165, 1.54) is 27.8 Å². The summed E-state index contributed by atoms with van der Waals surface area (Å²) in [5, 5.41) is 0. The highest BCUT2D eigenvalue weighted by Gasteiger charge is 2.05. The Kier molecular flexibility index (Phi) is 5.25. The predicted molar refractivity (Wildman–Crippen MR) is 75.2 cm³/mol. The molecule has 0 fully saturated rings. The van der Waals surface area contributed by atoms with E-state index in [4.69, 9.17) is 5.73 Å². The van der Waals surface area contributed by atoms with Gasteiger partial charge in [0.25, 0.3) is 0 Å². The summed E-state index contributed by atoms with van der Waals surface area (Å²) in [5.74, 6) is 6.60. The Morgan fingerprint density at radius 2 is 1.59 bits per heavy atom. The molecule has 1 aromatic carbocycles. The molecule has 0 aromatic heterocycles. The third-order valence-corrected chi connectivity index (χ3v) is 3.34. The third kappa shape index (κ3) is 3.61. The molecule has 0 bridgehead atoms. The number of unbranched alkanes of at least 4 members (excludes halogenated alkanes) is 2. The van der Waals surface area contributed by atoms with Crippen molar-refractivity contribution in [3.8, 4) is 11.8 Å². The second-order valence-electron chi connectivity index (χ2n) is 4.68. The van der Waals surface area contributed by atoms with Crippen LogP contribution in [0.25, 0.3) is 0 Å². The van der Waals surface area contributed by atoms with Crippen molar-refractivity contribution in [2.45, 2.75) is 47.0 Å². The lowest BCUT2D eigenvalue weighted by atomic mass is 9.94. The normalized spacial score (nSPS) is 9.94. The van der Waals surface area contributed by atoms with Crippen LogP contribution in [0.5, 0.6) is 0 Å². The van der Waals surface area contributed by atoms with Crippen LogP contribution < -0.4 is 5.73 Å². The van der Waals surface area contributed by atoms with Crippen molar-refractivity contribution in [2.24, 2.45) is 5.73 Å². The van der Waals surface area contributed by atoms with Crippen molar-refractivity contribution in [3.05, 3.63) is 33.9 Å². The minimum atomic E-state index is 0.767. The molecular formula is C16H23N. The Bertz CT molecular complexity index is 421. The molecule has 0 saturated carbocycles. The van der Waals surface area contributed by atoms with E-state index < -0.39 is 0 Å². The van der Waals surface area contributed by atoms with Gasteiger partial charge >= 0.3 is 0 Å². The summed E-state index contributed by atoms with van der Waals surface area (Å²) in [6, 6.07) is 2.24. The highest BCUT2D eigenvalue weighted by molar-refractivity contribution is 5.52. The van der Waals surface area contributed by atoms with Crippen LogP contribution in [0, 0.1) is 39.5 Å². The zero-order chi connectivity index (χ0) is 12.8. The van der Waals surface area contributed by atoms with Crippen molar-refractivity contribution in [2.75, 3.05) is 6.54 Å². The van der Waals surface area contributed by atoms with Gasteiger partial charge in [-0.3, -0.25) is 0 Å². The Labute approximate surface area is 105 Å². The van der Waals surface area contributed by atoms with Gasteiger partial charge in [0, 0.05) is 12.0 Å². The molecule has 0 spiro atoms. The van der Waals surface area contributed by atoms with Crippen LogP contribution in [-0.2, 0) is 0 Å². The van der Waals surface area contributed by atoms with Crippen molar-refractivity contribution >= 4 is 0 Å². The van der Waals surface area contributed by atoms with E-state index in [0.29, 0.717) is 0 Å². The highest BCUT2D eigenvalue weighted by atomic mass is 14.5. The molecule has 1 rings (SSSR count). The maximum atomic E-state index is 5.46. The molecule has 1 nitrogen and oxygen atoms in total. The SMILES string of the molecule is Cc1cc(C)c(C)c(C#CCCCCN)c1C. The zero-order valence-corrected chi connectivity index (χ0v) is 11.5. The number of hydrogen-bond acceptors (Lipinski definition) is 1. The summed E-state index contributed by atoms with van der Waals surface area (Å²) in [4.78, 5) is 0. The molecule has 0 aliphatic carbocycles. The Balaban J connectivity index is 2.90. The molecule has 0 heterocycles. The maximum Gasteiger partial charge on any atom is 0.0308 e. The summed E-state index contributed by atoms with van der Waals surface area (Å²) < 4.78 is 0. The van der Waals surface area contributed by atoms with E-state index in [1.807, 2.05) is 0 Å². The number of hydrogen-bond donors (Lipinski definition) is 1. The predicted octanol–water partition coefficient (Wildman–Crippen LogP) is 3.40. The van der Waals surface area contributed by atoms with E-state index in [0.717, 1.165) is 25.8 Å². The molecule has 0 radical (unpaired) electrons. The van der Waals surface area contributed by atoms with E-state index >= 15 is 0 Å². The Morgan fingerprint density at radius 1 is 1.00 bits per heavy atom. The molecule has 0 unspecified atom stereocenters. The van der Waals surface area contributed by atoms with Crippen molar-refractivity contribution in [3.63, 3.8) is 0 Å². The van der Waals surface area contributed by atoms with Gasteiger partial charge in [0.15, 0.2) is 0 Å². The summed E-state index contributed by atoms with van der Waals surface area (Å²) >= 11 is 0. The molecule has 0 atom stereocenters. The maximum absolute atomic E-state index is 5.46. The lowest BCUT2D eigenvalue weighted by Gasteiger charge is -2.10. The Hall–Kier alpha value is -1.26. The van der Waals surface area contributed by atoms with Gasteiger partial charge in [-0.15, -0.1) is 0 Å². The summed E-state index contributed by atoms with van der Waals surface area (Å²) in [6.07, 6.45) is 3.12. The van der Waals surface area contributed by atoms with Crippen LogP contribution >= 0.6 is 0 Å². The molecule has 17 heavy (non-hydrogen) atoms. The average molecular weight is 229 g/mol. The van der Waals surface area contributed by atoms with Crippen molar-refractivity contribution < 1.29 is 0 Å². The van der Waals surface area contributed by atoms with E-state index in [1.54, 1.807) is 0 Å². The first-order valence-corrected chi connectivity index (χ1v) is 6.34. The van der Waals surface area contributed by atoms with Crippen LogP contribution in [0.1, 0.15) is 47.1 Å². The number of aryl methyl sites for hydroxylation is 2. The second kappa shape index (κ2) is 6.47. The first kappa shape index (κ1) is 13.8. The first-order chi connectivity index (χ1) is 8.07. The quantitative estimate of drug-likeness (QED) is 0.624. The van der Waals surface area contributed by atoms with E-state index in [-0.39, 0.29) is 0 Å². The standard InChI is InChI=1S/C16H23N/c1-12-11-13(2)15(4)16(14(12)3)9-7-5-6-8-10-17/h11H,5-6,8,10,17H2,1-4H3. The largest absolute Gasteiger partial charge is 0.330 e. The molecule has 92 valence electrons. The molecule has 0 amide bonds. The number of rotatable bonds is 3. The minimum absolute atomic E-state index is 0.767. The number of nitrogens with two attached hydrogens (primary N) is 1.